The second-order valence-electron chi connectivity index (χ2n) is 5.27. The van der Waals surface area contributed by atoms with Gasteiger partial charge in [-0.05, 0) is 42.0 Å². The molecule has 0 saturated heterocycles. The van der Waals surface area contributed by atoms with Gasteiger partial charge in [0.2, 0.25) is 0 Å². The lowest BCUT2D eigenvalue weighted by Crippen LogP contribution is -2.96. The summed E-state index contributed by atoms with van der Waals surface area (Å²) in [5.74, 6) is 0.757. The molecule has 1 aromatic heterocycles. The SMILES string of the molecule is COc1cccc(-c2ccc(S)n2/N=C/c2ccc([NH+]([O-])[O-])cc2)c1. The van der Waals surface area contributed by atoms with Gasteiger partial charge in [-0.2, -0.15) is 5.10 Å². The Morgan fingerprint density at radius 3 is 2.52 bits per heavy atom. The first-order valence-corrected chi connectivity index (χ1v) is 7.94. The van der Waals surface area contributed by atoms with Gasteiger partial charge in [-0.1, -0.05) is 12.1 Å². The number of aromatic nitrogens is 1. The number of thiol groups is 1. The van der Waals surface area contributed by atoms with Gasteiger partial charge in [-0.15, -0.1) is 12.6 Å². The van der Waals surface area contributed by atoms with E-state index in [4.69, 9.17) is 4.74 Å². The Morgan fingerprint density at radius 1 is 1.08 bits per heavy atom. The third-order valence-electron chi connectivity index (χ3n) is 3.67. The Hall–Kier alpha value is -2.58. The van der Waals surface area contributed by atoms with Gasteiger partial charge >= 0.3 is 0 Å². The Bertz CT molecular complexity index is 889. The van der Waals surface area contributed by atoms with Gasteiger partial charge in [0.25, 0.3) is 0 Å². The molecule has 0 atom stereocenters. The van der Waals surface area contributed by atoms with E-state index in [2.05, 4.69) is 17.7 Å². The van der Waals surface area contributed by atoms with E-state index in [1.54, 1.807) is 30.1 Å². The minimum absolute atomic E-state index is 0.130. The monoisotopic (exact) mass is 354 g/mol. The molecule has 0 aliphatic heterocycles. The van der Waals surface area contributed by atoms with Crippen LogP contribution in [0.2, 0.25) is 0 Å². The smallest absolute Gasteiger partial charge is 0.131 e. The first-order valence-electron chi connectivity index (χ1n) is 7.49. The standard InChI is InChI=1S/C18H16N3O3S/c1-24-16-4-2-3-14(11-16)17-9-10-18(25)20(17)19-12-13-5-7-15(8-6-13)21(22)23/h2-12,21,25H,1H3/q-1/b19-12+. The van der Waals surface area contributed by atoms with Crippen LogP contribution in [0, 0.1) is 10.4 Å². The highest BCUT2D eigenvalue weighted by Crippen LogP contribution is 2.27. The number of ether oxygens (including phenoxy) is 1. The third-order valence-corrected chi connectivity index (χ3v) is 4.01. The maximum Gasteiger partial charge on any atom is 0.131 e. The number of methoxy groups -OCH3 is 1. The van der Waals surface area contributed by atoms with Crippen molar-refractivity contribution in [1.29, 1.82) is 0 Å². The summed E-state index contributed by atoms with van der Waals surface area (Å²) >= 11 is 4.44. The van der Waals surface area contributed by atoms with Crippen LogP contribution < -0.4 is 9.96 Å². The van der Waals surface area contributed by atoms with E-state index in [1.807, 2.05) is 36.4 Å². The van der Waals surface area contributed by atoms with Crippen molar-refractivity contribution in [2.45, 2.75) is 5.03 Å². The number of hydrogen-bond donors (Lipinski definition) is 2. The summed E-state index contributed by atoms with van der Waals surface area (Å²) in [5, 5.41) is 25.5. The molecule has 1 N–H and O–H groups in total. The molecule has 0 spiro atoms. The normalized spacial score (nSPS) is 11.4. The van der Waals surface area contributed by atoms with Crippen molar-refractivity contribution >= 4 is 24.5 Å². The largest absolute Gasteiger partial charge is 0.628 e. The van der Waals surface area contributed by atoms with E-state index in [-0.39, 0.29) is 5.69 Å². The van der Waals surface area contributed by atoms with Crippen LogP contribution in [-0.2, 0) is 0 Å². The maximum absolute atomic E-state index is 10.8. The van der Waals surface area contributed by atoms with Crippen molar-refractivity contribution in [3.8, 4) is 17.0 Å². The van der Waals surface area contributed by atoms with Gasteiger partial charge in [0.1, 0.15) is 11.4 Å². The molecule has 7 heteroatoms. The number of quaternary nitrogens is 1. The number of nitrogens with one attached hydrogen (secondary N) is 1. The fraction of sp³-hybridized carbons (Fsp3) is 0.0556. The van der Waals surface area contributed by atoms with Crippen LogP contribution in [0.5, 0.6) is 5.75 Å². The van der Waals surface area contributed by atoms with Crippen LogP contribution >= 0.6 is 12.6 Å². The average Bonchev–Trinajstić information content (AvgIpc) is 3.01. The summed E-state index contributed by atoms with van der Waals surface area (Å²) < 4.78 is 6.96. The zero-order valence-corrected chi connectivity index (χ0v) is 14.3. The minimum Gasteiger partial charge on any atom is -0.628 e. The summed E-state index contributed by atoms with van der Waals surface area (Å²) in [5.41, 5.74) is 2.71. The Labute approximate surface area is 150 Å². The molecule has 2 aromatic carbocycles. The molecule has 25 heavy (non-hydrogen) atoms. The second-order valence-corrected chi connectivity index (χ2v) is 5.73. The van der Waals surface area contributed by atoms with Crippen molar-refractivity contribution in [3.05, 3.63) is 76.6 Å². The van der Waals surface area contributed by atoms with Crippen LogP contribution in [0.3, 0.4) is 0 Å². The zero-order valence-electron chi connectivity index (χ0n) is 13.4. The average molecular weight is 354 g/mol. The van der Waals surface area contributed by atoms with Crippen molar-refractivity contribution in [2.75, 3.05) is 7.11 Å². The molecular weight excluding hydrogens is 338 g/mol. The lowest BCUT2D eigenvalue weighted by Gasteiger charge is -2.24. The predicted octanol–water partition coefficient (Wildman–Crippen LogP) is 2.85. The van der Waals surface area contributed by atoms with Crippen LogP contribution in [-0.4, -0.2) is 18.0 Å². The highest BCUT2D eigenvalue weighted by molar-refractivity contribution is 7.80. The summed E-state index contributed by atoms with van der Waals surface area (Å²) in [7, 11) is 1.62. The molecule has 0 fully saturated rings. The van der Waals surface area contributed by atoms with Crippen LogP contribution in [0.25, 0.3) is 11.3 Å². The number of nitrogens with zero attached hydrogens (tertiary/aromatic N) is 2. The molecule has 6 nitrogen and oxygen atoms in total. The van der Waals surface area contributed by atoms with Crippen LogP contribution in [0.15, 0.2) is 70.8 Å². The summed E-state index contributed by atoms with van der Waals surface area (Å²) in [4.78, 5) is 0. The summed E-state index contributed by atoms with van der Waals surface area (Å²) in [6.45, 7) is 0. The van der Waals surface area contributed by atoms with E-state index in [0.29, 0.717) is 5.03 Å². The van der Waals surface area contributed by atoms with Gasteiger partial charge < -0.3 is 20.4 Å². The minimum atomic E-state index is -1.20. The van der Waals surface area contributed by atoms with E-state index in [0.717, 1.165) is 22.6 Å². The molecule has 0 unspecified atom stereocenters. The van der Waals surface area contributed by atoms with E-state index >= 15 is 0 Å². The number of hydrogen-bond acceptors (Lipinski definition) is 5. The molecule has 128 valence electrons. The van der Waals surface area contributed by atoms with Crippen molar-refractivity contribution in [3.63, 3.8) is 0 Å². The lowest BCUT2D eigenvalue weighted by atomic mass is 10.1. The molecule has 0 radical (unpaired) electrons. The van der Waals surface area contributed by atoms with Gasteiger partial charge in [0, 0.05) is 17.7 Å². The Kier molecular flexibility index (Phi) is 5.20. The topological polar surface area (TPSA) is 77.1 Å². The fourth-order valence-electron chi connectivity index (χ4n) is 2.37. The molecule has 0 amide bonds. The Balaban J connectivity index is 1.91. The molecular formula is C18H16N3O3S-. The van der Waals surface area contributed by atoms with Gasteiger partial charge in [-0.25, -0.2) is 4.68 Å². The molecule has 0 bridgehead atoms. The van der Waals surface area contributed by atoms with Crippen molar-refractivity contribution < 1.29 is 9.96 Å². The van der Waals surface area contributed by atoms with Crippen LogP contribution in [0.1, 0.15) is 5.56 Å². The molecule has 0 aliphatic carbocycles. The molecule has 1 heterocycles. The first-order chi connectivity index (χ1) is 12.1. The van der Waals surface area contributed by atoms with Gasteiger partial charge in [-0.3, -0.25) is 0 Å². The highest BCUT2D eigenvalue weighted by Gasteiger charge is 2.08. The van der Waals surface area contributed by atoms with Crippen molar-refractivity contribution in [2.24, 2.45) is 5.10 Å². The van der Waals surface area contributed by atoms with E-state index < -0.39 is 5.23 Å². The van der Waals surface area contributed by atoms with Crippen molar-refractivity contribution in [1.82, 2.24) is 4.68 Å². The maximum atomic E-state index is 10.8. The number of benzene rings is 2. The third kappa shape index (κ3) is 3.92. The van der Waals surface area contributed by atoms with Gasteiger partial charge in [0.15, 0.2) is 0 Å². The second kappa shape index (κ2) is 7.54. The van der Waals surface area contributed by atoms with Crippen LogP contribution in [0.4, 0.5) is 5.69 Å². The number of rotatable bonds is 5. The molecule has 3 rings (SSSR count). The summed E-state index contributed by atoms with van der Waals surface area (Å²) in [6.07, 6.45) is 1.64. The Morgan fingerprint density at radius 2 is 1.84 bits per heavy atom. The molecule has 0 aliphatic rings. The van der Waals surface area contributed by atoms with E-state index in [1.165, 1.54) is 12.1 Å². The molecule has 3 aromatic rings. The first kappa shape index (κ1) is 17.2. The highest BCUT2D eigenvalue weighted by atomic mass is 32.1. The van der Waals surface area contributed by atoms with Gasteiger partial charge in [0.05, 0.1) is 24.0 Å². The summed E-state index contributed by atoms with van der Waals surface area (Å²) in [6, 6.07) is 17.8. The quantitative estimate of drug-likeness (QED) is 0.420. The zero-order chi connectivity index (χ0) is 17.8. The fourth-order valence-corrected chi connectivity index (χ4v) is 2.60. The lowest BCUT2D eigenvalue weighted by molar-refractivity contribution is -0.715. The molecule has 0 saturated carbocycles. The predicted molar refractivity (Wildman–Crippen MR) is 100 cm³/mol. The van der Waals surface area contributed by atoms with E-state index in [9.17, 15) is 10.4 Å².